The molecule has 0 aliphatic heterocycles. The standard InChI is InChI=1S/C14H15ClO/c1-3-8-16-13-7-5-11-9-10(2)4-6-12(11)14(13)15/h4-7,9H,3,8H2,1-2H3. The van der Waals surface area contributed by atoms with E-state index in [-0.39, 0.29) is 0 Å². The van der Waals surface area contributed by atoms with Gasteiger partial charge in [-0.1, -0.05) is 48.4 Å². The predicted molar refractivity (Wildman–Crippen MR) is 69.5 cm³/mol. The van der Waals surface area contributed by atoms with Crippen molar-refractivity contribution < 1.29 is 4.74 Å². The maximum absolute atomic E-state index is 6.30. The van der Waals surface area contributed by atoms with Gasteiger partial charge in [0.1, 0.15) is 5.75 Å². The van der Waals surface area contributed by atoms with E-state index in [1.165, 1.54) is 5.56 Å². The van der Waals surface area contributed by atoms with Crippen molar-refractivity contribution in [2.24, 2.45) is 0 Å². The minimum absolute atomic E-state index is 0.705. The number of rotatable bonds is 3. The van der Waals surface area contributed by atoms with Gasteiger partial charge in [0, 0.05) is 5.39 Å². The largest absolute Gasteiger partial charge is 0.492 e. The normalized spacial score (nSPS) is 10.7. The van der Waals surface area contributed by atoms with Gasteiger partial charge in [-0.2, -0.15) is 0 Å². The van der Waals surface area contributed by atoms with Crippen LogP contribution in [-0.4, -0.2) is 6.61 Å². The van der Waals surface area contributed by atoms with Crippen LogP contribution in [0.4, 0.5) is 0 Å². The van der Waals surface area contributed by atoms with Gasteiger partial charge in [0.2, 0.25) is 0 Å². The van der Waals surface area contributed by atoms with Crippen molar-refractivity contribution in [2.75, 3.05) is 6.61 Å². The molecule has 16 heavy (non-hydrogen) atoms. The van der Waals surface area contributed by atoms with Crippen molar-refractivity contribution in [2.45, 2.75) is 20.3 Å². The molecule has 0 heterocycles. The summed E-state index contributed by atoms with van der Waals surface area (Å²) in [6.45, 7) is 4.87. The summed E-state index contributed by atoms with van der Waals surface area (Å²) >= 11 is 6.30. The van der Waals surface area contributed by atoms with Crippen molar-refractivity contribution in [3.63, 3.8) is 0 Å². The lowest BCUT2D eigenvalue weighted by atomic mass is 10.1. The minimum Gasteiger partial charge on any atom is -0.492 e. The summed E-state index contributed by atoms with van der Waals surface area (Å²) in [6, 6.07) is 10.2. The van der Waals surface area contributed by atoms with Gasteiger partial charge < -0.3 is 4.74 Å². The van der Waals surface area contributed by atoms with Crippen molar-refractivity contribution in [1.29, 1.82) is 0 Å². The minimum atomic E-state index is 0.705. The summed E-state index contributed by atoms with van der Waals surface area (Å²) in [7, 11) is 0. The van der Waals surface area contributed by atoms with Gasteiger partial charge in [-0.15, -0.1) is 0 Å². The molecule has 0 radical (unpaired) electrons. The zero-order valence-electron chi connectivity index (χ0n) is 9.59. The first-order valence-electron chi connectivity index (χ1n) is 5.54. The van der Waals surface area contributed by atoms with Crippen molar-refractivity contribution in [3.8, 4) is 5.75 Å². The summed E-state index contributed by atoms with van der Waals surface area (Å²) in [5, 5.41) is 2.93. The molecule has 0 saturated heterocycles. The van der Waals surface area contributed by atoms with E-state index >= 15 is 0 Å². The Labute approximate surface area is 101 Å². The Hall–Kier alpha value is -1.21. The van der Waals surface area contributed by atoms with Crippen LogP contribution in [0.2, 0.25) is 5.02 Å². The molecule has 0 fully saturated rings. The molecule has 0 atom stereocenters. The summed E-state index contributed by atoms with van der Waals surface area (Å²) < 4.78 is 5.59. The highest BCUT2D eigenvalue weighted by Crippen LogP contribution is 2.33. The predicted octanol–water partition coefficient (Wildman–Crippen LogP) is 4.59. The van der Waals surface area contributed by atoms with E-state index in [1.807, 2.05) is 12.1 Å². The third-order valence-corrected chi connectivity index (χ3v) is 2.93. The number of hydrogen-bond donors (Lipinski definition) is 0. The van der Waals surface area contributed by atoms with E-state index in [9.17, 15) is 0 Å². The Morgan fingerprint density at radius 1 is 1.19 bits per heavy atom. The average Bonchev–Trinajstić information content (AvgIpc) is 2.28. The molecule has 0 aromatic heterocycles. The molecule has 0 N–H and O–H groups in total. The number of fused-ring (bicyclic) bond motifs is 1. The molecule has 1 nitrogen and oxygen atoms in total. The third kappa shape index (κ3) is 2.14. The number of hydrogen-bond acceptors (Lipinski definition) is 1. The molecule has 0 aliphatic carbocycles. The zero-order valence-corrected chi connectivity index (χ0v) is 10.3. The molecule has 0 amide bonds. The molecule has 0 bridgehead atoms. The third-order valence-electron chi connectivity index (χ3n) is 2.54. The quantitative estimate of drug-likeness (QED) is 0.755. The fourth-order valence-corrected chi connectivity index (χ4v) is 2.00. The van der Waals surface area contributed by atoms with Gasteiger partial charge in [0.25, 0.3) is 0 Å². The van der Waals surface area contributed by atoms with Gasteiger partial charge in [-0.25, -0.2) is 0 Å². The van der Waals surface area contributed by atoms with Crippen LogP contribution in [0.1, 0.15) is 18.9 Å². The SMILES string of the molecule is CCCOc1ccc2cc(C)ccc2c1Cl. The van der Waals surface area contributed by atoms with Crippen LogP contribution in [0.3, 0.4) is 0 Å². The lowest BCUT2D eigenvalue weighted by Crippen LogP contribution is -1.95. The molecule has 0 saturated carbocycles. The maximum atomic E-state index is 6.30. The Morgan fingerprint density at radius 2 is 2.00 bits per heavy atom. The van der Waals surface area contributed by atoms with E-state index in [2.05, 4.69) is 32.0 Å². The van der Waals surface area contributed by atoms with Crippen LogP contribution in [-0.2, 0) is 0 Å². The molecule has 0 unspecified atom stereocenters. The maximum Gasteiger partial charge on any atom is 0.138 e. The smallest absolute Gasteiger partial charge is 0.138 e. The fourth-order valence-electron chi connectivity index (χ4n) is 1.71. The first-order chi connectivity index (χ1) is 7.72. The molecule has 0 spiro atoms. The fraction of sp³-hybridized carbons (Fsp3) is 0.286. The zero-order chi connectivity index (χ0) is 11.5. The average molecular weight is 235 g/mol. The summed E-state index contributed by atoms with van der Waals surface area (Å²) in [4.78, 5) is 0. The highest BCUT2D eigenvalue weighted by molar-refractivity contribution is 6.37. The van der Waals surface area contributed by atoms with Crippen LogP contribution in [0.15, 0.2) is 30.3 Å². The number of halogens is 1. The van der Waals surface area contributed by atoms with Gasteiger partial charge >= 0.3 is 0 Å². The first-order valence-corrected chi connectivity index (χ1v) is 5.92. The van der Waals surface area contributed by atoms with Crippen LogP contribution in [0, 0.1) is 6.92 Å². The van der Waals surface area contributed by atoms with Gasteiger partial charge in [0.15, 0.2) is 0 Å². The summed E-state index contributed by atoms with van der Waals surface area (Å²) in [5.41, 5.74) is 1.24. The van der Waals surface area contributed by atoms with E-state index in [1.54, 1.807) is 0 Å². The van der Waals surface area contributed by atoms with E-state index in [4.69, 9.17) is 16.3 Å². The molecule has 84 valence electrons. The highest BCUT2D eigenvalue weighted by Gasteiger charge is 2.06. The molecular weight excluding hydrogens is 220 g/mol. The number of ether oxygens (including phenoxy) is 1. The van der Waals surface area contributed by atoms with Crippen LogP contribution >= 0.6 is 11.6 Å². The lowest BCUT2D eigenvalue weighted by molar-refractivity contribution is 0.318. The number of aryl methyl sites for hydroxylation is 1. The van der Waals surface area contributed by atoms with Crippen LogP contribution in [0.25, 0.3) is 10.8 Å². The van der Waals surface area contributed by atoms with E-state index < -0.39 is 0 Å². The number of benzene rings is 2. The first kappa shape index (κ1) is 11.3. The van der Waals surface area contributed by atoms with Gasteiger partial charge in [-0.05, 0) is 24.8 Å². The van der Waals surface area contributed by atoms with Crippen LogP contribution in [0.5, 0.6) is 5.75 Å². The van der Waals surface area contributed by atoms with E-state index in [0.717, 1.165) is 22.9 Å². The van der Waals surface area contributed by atoms with Gasteiger partial charge in [-0.3, -0.25) is 0 Å². The Bertz CT molecular complexity index is 505. The molecule has 2 aromatic rings. The molecule has 0 aliphatic rings. The second-order valence-electron chi connectivity index (χ2n) is 3.95. The lowest BCUT2D eigenvalue weighted by Gasteiger charge is -2.09. The summed E-state index contributed by atoms with van der Waals surface area (Å²) in [5.74, 6) is 0.778. The summed E-state index contributed by atoms with van der Waals surface area (Å²) in [6.07, 6.45) is 0.988. The van der Waals surface area contributed by atoms with Crippen molar-refractivity contribution >= 4 is 22.4 Å². The Kier molecular flexibility index (Phi) is 3.35. The topological polar surface area (TPSA) is 9.23 Å². The molecule has 2 heteroatoms. The second-order valence-corrected chi connectivity index (χ2v) is 4.33. The van der Waals surface area contributed by atoms with Crippen LogP contribution < -0.4 is 4.74 Å². The molecule has 2 rings (SSSR count). The molecule has 2 aromatic carbocycles. The molecular formula is C14H15ClO. The highest BCUT2D eigenvalue weighted by atomic mass is 35.5. The second kappa shape index (κ2) is 4.75. The van der Waals surface area contributed by atoms with Crippen molar-refractivity contribution in [3.05, 3.63) is 40.9 Å². The van der Waals surface area contributed by atoms with Gasteiger partial charge in [0.05, 0.1) is 11.6 Å². The Morgan fingerprint density at radius 3 is 2.75 bits per heavy atom. The van der Waals surface area contributed by atoms with E-state index in [0.29, 0.717) is 11.6 Å². The van der Waals surface area contributed by atoms with Crippen molar-refractivity contribution in [1.82, 2.24) is 0 Å². The monoisotopic (exact) mass is 234 g/mol. The Balaban J connectivity index is 2.48.